The number of carboxylic acids is 1. The number of nitrogens with zero attached hydrogens (tertiary/aromatic N) is 5. The molecule has 40 heavy (non-hydrogen) atoms. The maximum Gasteiger partial charge on any atom is 0.335 e. The van der Waals surface area contributed by atoms with Crippen molar-refractivity contribution in [2.24, 2.45) is 0 Å². The zero-order valence-corrected chi connectivity index (χ0v) is 22.4. The first-order valence-electron chi connectivity index (χ1n) is 13.1. The lowest BCUT2D eigenvalue weighted by Crippen LogP contribution is -2.33. The van der Waals surface area contributed by atoms with Gasteiger partial charge in [0.2, 0.25) is 0 Å². The first kappa shape index (κ1) is 26.4. The van der Waals surface area contributed by atoms with Gasteiger partial charge in [-0.15, -0.1) is 0 Å². The van der Waals surface area contributed by atoms with E-state index in [2.05, 4.69) is 25.5 Å². The van der Waals surface area contributed by atoms with E-state index in [9.17, 15) is 14.3 Å². The Morgan fingerprint density at radius 3 is 2.80 bits per heavy atom. The summed E-state index contributed by atoms with van der Waals surface area (Å²) in [5.74, 6) is -0.507. The Bertz CT molecular complexity index is 1600. The van der Waals surface area contributed by atoms with Crippen LogP contribution in [0.5, 0.6) is 6.01 Å². The Balaban J connectivity index is 1.15. The molecule has 206 valence electrons. The summed E-state index contributed by atoms with van der Waals surface area (Å²) in [4.78, 5) is 27.4. The van der Waals surface area contributed by atoms with Crippen molar-refractivity contribution in [2.45, 2.75) is 38.6 Å². The van der Waals surface area contributed by atoms with Gasteiger partial charge in [0, 0.05) is 36.5 Å². The minimum Gasteiger partial charge on any atom is -0.478 e. The molecule has 1 fully saturated rings. The SMILES string of the molecule is O=C(O)c1ccc2nc(CN3CC=C(c4ccnc(OCc5ccc(Cl)cc5F)n4)CC3)n(C[C@@H]3CCO3)c2c1. The number of carbonyl (C=O) groups is 1. The molecule has 0 amide bonds. The number of carboxylic acid groups (broad SMARTS) is 1. The molecule has 1 atom stereocenters. The van der Waals surface area contributed by atoms with Crippen molar-refractivity contribution in [1.82, 2.24) is 24.4 Å². The second-order valence-corrected chi connectivity index (χ2v) is 10.3. The molecule has 0 radical (unpaired) electrons. The Hall–Kier alpha value is -3.86. The molecule has 11 heteroatoms. The van der Waals surface area contributed by atoms with Crippen molar-refractivity contribution < 1.29 is 23.8 Å². The van der Waals surface area contributed by atoms with Crippen LogP contribution in [0, 0.1) is 5.82 Å². The second-order valence-electron chi connectivity index (χ2n) is 9.89. The summed E-state index contributed by atoms with van der Waals surface area (Å²) >= 11 is 5.82. The fraction of sp³-hybridized carbons (Fsp3) is 0.310. The highest BCUT2D eigenvalue weighted by Crippen LogP contribution is 2.26. The summed E-state index contributed by atoms with van der Waals surface area (Å²) in [6.45, 7) is 3.52. The van der Waals surface area contributed by atoms with Crippen LogP contribution in [0.15, 0.2) is 54.7 Å². The molecule has 4 heterocycles. The Morgan fingerprint density at radius 1 is 1.20 bits per heavy atom. The number of fused-ring (bicyclic) bond motifs is 1. The van der Waals surface area contributed by atoms with Gasteiger partial charge in [-0.3, -0.25) is 4.90 Å². The fourth-order valence-corrected chi connectivity index (χ4v) is 5.08. The van der Waals surface area contributed by atoms with Gasteiger partial charge < -0.3 is 19.1 Å². The van der Waals surface area contributed by atoms with E-state index in [1.165, 1.54) is 6.07 Å². The standard InChI is InChI=1S/C29H27ClFN5O4/c30-21-3-1-20(23(31)14-21)17-40-29-32-9-5-24(34-29)18-6-10-35(11-7-18)16-27-33-25-4-2-19(28(37)38)13-26(25)36(27)15-22-8-12-39-22/h1-6,9,13-14,22H,7-8,10-12,15-17H2,(H,37,38)/t22-/m0/s1. The van der Waals surface area contributed by atoms with E-state index in [1.54, 1.807) is 36.5 Å². The molecular weight excluding hydrogens is 537 g/mol. The monoisotopic (exact) mass is 563 g/mol. The van der Waals surface area contributed by atoms with Crippen LogP contribution in [0.4, 0.5) is 4.39 Å². The predicted octanol–water partition coefficient (Wildman–Crippen LogP) is 4.97. The molecule has 0 spiro atoms. The number of aromatic carboxylic acids is 1. The molecule has 4 aromatic rings. The molecule has 0 aliphatic carbocycles. The van der Waals surface area contributed by atoms with Gasteiger partial charge in [0.1, 0.15) is 18.2 Å². The highest BCUT2D eigenvalue weighted by atomic mass is 35.5. The summed E-state index contributed by atoms with van der Waals surface area (Å²) in [6.07, 6.45) is 5.64. The maximum absolute atomic E-state index is 14.1. The number of ether oxygens (including phenoxy) is 2. The summed E-state index contributed by atoms with van der Waals surface area (Å²) < 4.78 is 27.5. The van der Waals surface area contributed by atoms with E-state index in [0.717, 1.165) is 54.1 Å². The van der Waals surface area contributed by atoms with Gasteiger partial charge >= 0.3 is 12.0 Å². The topological polar surface area (TPSA) is 103 Å². The molecule has 0 bridgehead atoms. The van der Waals surface area contributed by atoms with Gasteiger partial charge in [-0.25, -0.2) is 19.2 Å². The second kappa shape index (κ2) is 11.3. The third-order valence-corrected chi connectivity index (χ3v) is 7.48. The van der Waals surface area contributed by atoms with E-state index >= 15 is 0 Å². The normalized spacial score (nSPS) is 17.4. The number of hydrogen-bond acceptors (Lipinski definition) is 7. The largest absolute Gasteiger partial charge is 0.478 e. The van der Waals surface area contributed by atoms with Crippen molar-refractivity contribution in [3.05, 3.63) is 88.2 Å². The molecule has 6 rings (SSSR count). The first-order valence-corrected chi connectivity index (χ1v) is 13.5. The number of halogens is 2. The number of aromatic nitrogens is 4. The van der Waals surface area contributed by atoms with Crippen LogP contribution in [0.25, 0.3) is 16.6 Å². The van der Waals surface area contributed by atoms with E-state index in [1.807, 2.05) is 6.07 Å². The lowest BCUT2D eigenvalue weighted by Gasteiger charge is -2.29. The first-order chi connectivity index (χ1) is 19.4. The molecule has 2 aliphatic rings. The molecule has 2 aromatic heterocycles. The average molecular weight is 564 g/mol. The molecule has 9 nitrogen and oxygen atoms in total. The van der Waals surface area contributed by atoms with Crippen molar-refractivity contribution >= 4 is 34.2 Å². The van der Waals surface area contributed by atoms with Crippen LogP contribution in [0.1, 0.15) is 40.3 Å². The Labute approximate surface area is 234 Å². The van der Waals surface area contributed by atoms with E-state index in [0.29, 0.717) is 30.2 Å². The number of benzene rings is 2. The molecule has 0 unspecified atom stereocenters. The van der Waals surface area contributed by atoms with Gasteiger partial charge in [0.25, 0.3) is 0 Å². The molecule has 2 aliphatic heterocycles. The van der Waals surface area contributed by atoms with Crippen molar-refractivity contribution in [1.29, 1.82) is 0 Å². The van der Waals surface area contributed by atoms with E-state index in [4.69, 9.17) is 26.1 Å². The lowest BCUT2D eigenvalue weighted by molar-refractivity contribution is -0.0591. The smallest absolute Gasteiger partial charge is 0.335 e. The van der Waals surface area contributed by atoms with Crippen molar-refractivity contribution in [2.75, 3.05) is 19.7 Å². The van der Waals surface area contributed by atoms with E-state index in [-0.39, 0.29) is 24.3 Å². The van der Waals surface area contributed by atoms with Crippen LogP contribution in [-0.2, 0) is 24.4 Å². The Morgan fingerprint density at radius 2 is 2.08 bits per heavy atom. The van der Waals surface area contributed by atoms with Gasteiger partial charge in [-0.1, -0.05) is 23.7 Å². The van der Waals surface area contributed by atoms with Crippen LogP contribution in [-0.4, -0.2) is 61.3 Å². The van der Waals surface area contributed by atoms with Crippen LogP contribution in [0.3, 0.4) is 0 Å². The molecular formula is C29H27ClFN5O4. The zero-order chi connectivity index (χ0) is 27.6. The summed E-state index contributed by atoms with van der Waals surface area (Å²) in [6, 6.07) is 11.5. The minimum absolute atomic E-state index is 0.000136. The van der Waals surface area contributed by atoms with Gasteiger partial charge in [0.05, 0.1) is 41.5 Å². The van der Waals surface area contributed by atoms with Crippen molar-refractivity contribution in [3.8, 4) is 6.01 Å². The van der Waals surface area contributed by atoms with Gasteiger partial charge in [-0.05, 0) is 54.8 Å². The zero-order valence-electron chi connectivity index (χ0n) is 21.6. The molecule has 2 aromatic carbocycles. The van der Waals surface area contributed by atoms with E-state index < -0.39 is 11.8 Å². The molecule has 0 saturated carbocycles. The third kappa shape index (κ3) is 5.70. The highest BCUT2D eigenvalue weighted by molar-refractivity contribution is 6.30. The minimum atomic E-state index is -0.958. The highest BCUT2D eigenvalue weighted by Gasteiger charge is 2.24. The number of imidazole rings is 1. The summed E-state index contributed by atoms with van der Waals surface area (Å²) in [5.41, 5.74) is 4.07. The predicted molar refractivity (Wildman–Crippen MR) is 147 cm³/mol. The quantitative estimate of drug-likeness (QED) is 0.304. The fourth-order valence-electron chi connectivity index (χ4n) is 4.92. The maximum atomic E-state index is 14.1. The van der Waals surface area contributed by atoms with Gasteiger partial charge in [-0.2, -0.15) is 4.98 Å². The summed E-state index contributed by atoms with van der Waals surface area (Å²) in [5, 5.41) is 9.80. The molecule has 1 saturated heterocycles. The van der Waals surface area contributed by atoms with Crippen LogP contribution < -0.4 is 4.74 Å². The number of rotatable bonds is 9. The van der Waals surface area contributed by atoms with Crippen molar-refractivity contribution in [3.63, 3.8) is 0 Å². The number of hydrogen-bond donors (Lipinski definition) is 1. The summed E-state index contributed by atoms with van der Waals surface area (Å²) in [7, 11) is 0. The molecule has 1 N–H and O–H groups in total. The Kier molecular flexibility index (Phi) is 7.46. The van der Waals surface area contributed by atoms with Crippen LogP contribution >= 0.6 is 11.6 Å². The van der Waals surface area contributed by atoms with Crippen LogP contribution in [0.2, 0.25) is 5.02 Å². The lowest BCUT2D eigenvalue weighted by atomic mass is 10.0. The third-order valence-electron chi connectivity index (χ3n) is 7.25. The average Bonchev–Trinajstić information content (AvgIpc) is 3.26. The van der Waals surface area contributed by atoms with Gasteiger partial charge in [0.15, 0.2) is 0 Å².